The SMILES string of the molecule is Cc1ccc(C)c2c1c1c(n2C)C(C(=O)O)CCC1. The lowest BCUT2D eigenvalue weighted by Crippen LogP contribution is -2.20. The Morgan fingerprint density at radius 2 is 2.00 bits per heavy atom. The molecular formula is C16H19NO2. The van der Waals surface area contributed by atoms with E-state index in [2.05, 4.69) is 30.5 Å². The first-order valence-electron chi connectivity index (χ1n) is 6.82. The summed E-state index contributed by atoms with van der Waals surface area (Å²) in [5.74, 6) is -1.04. The Bertz CT molecular complexity index is 682. The van der Waals surface area contributed by atoms with Crippen LogP contribution in [0.5, 0.6) is 0 Å². The molecule has 1 unspecified atom stereocenters. The zero-order valence-electron chi connectivity index (χ0n) is 11.7. The van der Waals surface area contributed by atoms with Crippen LogP contribution >= 0.6 is 0 Å². The lowest BCUT2D eigenvalue weighted by atomic mass is 9.86. The summed E-state index contributed by atoms with van der Waals surface area (Å²) in [5, 5.41) is 10.7. The summed E-state index contributed by atoms with van der Waals surface area (Å²) in [6, 6.07) is 4.27. The van der Waals surface area contributed by atoms with Crippen molar-refractivity contribution in [1.29, 1.82) is 0 Å². The molecule has 1 atom stereocenters. The van der Waals surface area contributed by atoms with Crippen LogP contribution in [0.4, 0.5) is 0 Å². The Morgan fingerprint density at radius 3 is 2.68 bits per heavy atom. The summed E-state index contributed by atoms with van der Waals surface area (Å²) in [5.41, 5.74) is 5.96. The van der Waals surface area contributed by atoms with Gasteiger partial charge in [0, 0.05) is 18.1 Å². The molecule has 0 amide bonds. The van der Waals surface area contributed by atoms with Gasteiger partial charge in [0.15, 0.2) is 0 Å². The van der Waals surface area contributed by atoms with E-state index in [1.54, 1.807) is 0 Å². The van der Waals surface area contributed by atoms with Gasteiger partial charge in [-0.25, -0.2) is 0 Å². The highest BCUT2D eigenvalue weighted by Crippen LogP contribution is 2.40. The summed E-state index contributed by atoms with van der Waals surface area (Å²) in [6.45, 7) is 4.22. The van der Waals surface area contributed by atoms with E-state index in [0.29, 0.717) is 0 Å². The summed E-state index contributed by atoms with van der Waals surface area (Å²) in [4.78, 5) is 11.5. The van der Waals surface area contributed by atoms with Crippen molar-refractivity contribution >= 4 is 16.9 Å². The van der Waals surface area contributed by atoms with Crippen molar-refractivity contribution in [2.45, 2.75) is 39.0 Å². The number of carboxylic acids is 1. The molecule has 19 heavy (non-hydrogen) atoms. The van der Waals surface area contributed by atoms with Gasteiger partial charge in [0.2, 0.25) is 0 Å². The lowest BCUT2D eigenvalue weighted by molar-refractivity contribution is -0.139. The summed E-state index contributed by atoms with van der Waals surface area (Å²) >= 11 is 0. The molecule has 3 heteroatoms. The van der Waals surface area contributed by atoms with Crippen molar-refractivity contribution in [3.8, 4) is 0 Å². The zero-order valence-corrected chi connectivity index (χ0v) is 11.7. The van der Waals surface area contributed by atoms with Crippen LogP contribution in [0, 0.1) is 13.8 Å². The maximum absolute atomic E-state index is 11.5. The van der Waals surface area contributed by atoms with E-state index >= 15 is 0 Å². The number of carbonyl (C=O) groups is 1. The third-order valence-corrected chi connectivity index (χ3v) is 4.44. The number of carboxylic acid groups (broad SMARTS) is 1. The van der Waals surface area contributed by atoms with Gasteiger partial charge in [-0.15, -0.1) is 0 Å². The van der Waals surface area contributed by atoms with Crippen LogP contribution in [-0.4, -0.2) is 15.6 Å². The molecule has 3 rings (SSSR count). The van der Waals surface area contributed by atoms with Crippen LogP contribution in [0.25, 0.3) is 10.9 Å². The number of benzene rings is 1. The molecule has 100 valence electrons. The Morgan fingerprint density at radius 1 is 1.32 bits per heavy atom. The van der Waals surface area contributed by atoms with E-state index < -0.39 is 5.97 Å². The quantitative estimate of drug-likeness (QED) is 0.851. The van der Waals surface area contributed by atoms with Crippen molar-refractivity contribution in [1.82, 2.24) is 4.57 Å². The summed E-state index contributed by atoms with van der Waals surface area (Å²) in [7, 11) is 2.01. The van der Waals surface area contributed by atoms with Gasteiger partial charge in [-0.05, 0) is 49.8 Å². The minimum Gasteiger partial charge on any atom is -0.481 e. The normalized spacial score (nSPS) is 18.6. The molecule has 0 spiro atoms. The average molecular weight is 257 g/mol. The predicted octanol–water partition coefficient (Wildman–Crippen LogP) is 3.30. The van der Waals surface area contributed by atoms with Crippen molar-refractivity contribution in [3.05, 3.63) is 34.5 Å². The highest BCUT2D eigenvalue weighted by molar-refractivity contribution is 5.93. The monoisotopic (exact) mass is 257 g/mol. The van der Waals surface area contributed by atoms with Gasteiger partial charge in [-0.1, -0.05) is 12.1 Å². The van der Waals surface area contributed by atoms with Crippen LogP contribution < -0.4 is 0 Å². The van der Waals surface area contributed by atoms with Crippen molar-refractivity contribution in [2.24, 2.45) is 7.05 Å². The Hall–Kier alpha value is -1.77. The van der Waals surface area contributed by atoms with Crippen LogP contribution in [0.2, 0.25) is 0 Å². The number of nitrogens with zero attached hydrogens (tertiary/aromatic N) is 1. The molecule has 1 heterocycles. The van der Waals surface area contributed by atoms with Crippen LogP contribution in [-0.2, 0) is 18.3 Å². The Labute approximate surface area is 112 Å². The maximum atomic E-state index is 11.5. The third-order valence-electron chi connectivity index (χ3n) is 4.44. The molecule has 1 N–H and O–H groups in total. The fraction of sp³-hybridized carbons (Fsp3) is 0.438. The molecule has 0 bridgehead atoms. The van der Waals surface area contributed by atoms with E-state index in [9.17, 15) is 9.90 Å². The minimum atomic E-state index is -0.692. The Kier molecular flexibility index (Phi) is 2.66. The second-order valence-electron chi connectivity index (χ2n) is 5.63. The van der Waals surface area contributed by atoms with E-state index in [4.69, 9.17) is 0 Å². The van der Waals surface area contributed by atoms with Gasteiger partial charge in [-0.2, -0.15) is 0 Å². The number of fused-ring (bicyclic) bond motifs is 3. The predicted molar refractivity (Wildman–Crippen MR) is 75.7 cm³/mol. The van der Waals surface area contributed by atoms with Crippen LogP contribution in [0.3, 0.4) is 0 Å². The highest BCUT2D eigenvalue weighted by Gasteiger charge is 2.31. The van der Waals surface area contributed by atoms with E-state index in [0.717, 1.165) is 25.0 Å². The number of hydrogen-bond acceptors (Lipinski definition) is 1. The third kappa shape index (κ3) is 1.61. The molecule has 2 aromatic rings. The molecule has 3 nitrogen and oxygen atoms in total. The largest absolute Gasteiger partial charge is 0.481 e. The second-order valence-corrected chi connectivity index (χ2v) is 5.63. The van der Waals surface area contributed by atoms with Gasteiger partial charge in [0.05, 0.1) is 11.4 Å². The van der Waals surface area contributed by atoms with E-state index in [1.807, 2.05) is 7.05 Å². The highest BCUT2D eigenvalue weighted by atomic mass is 16.4. The topological polar surface area (TPSA) is 42.2 Å². The van der Waals surface area contributed by atoms with Gasteiger partial charge < -0.3 is 9.67 Å². The van der Waals surface area contributed by atoms with Crippen LogP contribution in [0.15, 0.2) is 12.1 Å². The van der Waals surface area contributed by atoms with Gasteiger partial charge in [-0.3, -0.25) is 4.79 Å². The van der Waals surface area contributed by atoms with Crippen molar-refractivity contribution < 1.29 is 9.90 Å². The zero-order chi connectivity index (χ0) is 13.7. The standard InChI is InChI=1S/C16H19NO2/c1-9-7-8-10(2)14-13(9)11-5-4-6-12(16(18)19)15(11)17(14)3/h7-8,12H,4-6H2,1-3H3,(H,18,19). The molecular weight excluding hydrogens is 238 g/mol. The van der Waals surface area contributed by atoms with Crippen LogP contribution in [0.1, 0.15) is 41.1 Å². The minimum absolute atomic E-state index is 0.347. The Balaban J connectivity index is 2.43. The molecule has 0 fully saturated rings. The smallest absolute Gasteiger partial charge is 0.312 e. The fourth-order valence-electron chi connectivity index (χ4n) is 3.62. The van der Waals surface area contributed by atoms with E-state index in [1.165, 1.54) is 27.6 Å². The molecule has 0 saturated heterocycles. The first kappa shape index (κ1) is 12.3. The molecule has 1 aliphatic rings. The van der Waals surface area contributed by atoms with E-state index in [-0.39, 0.29) is 5.92 Å². The lowest BCUT2D eigenvalue weighted by Gasteiger charge is -2.21. The number of aryl methyl sites for hydroxylation is 4. The van der Waals surface area contributed by atoms with Crippen molar-refractivity contribution in [3.63, 3.8) is 0 Å². The number of hydrogen-bond donors (Lipinski definition) is 1. The molecule has 1 aromatic heterocycles. The molecule has 0 aliphatic heterocycles. The first-order chi connectivity index (χ1) is 9.02. The van der Waals surface area contributed by atoms with Crippen molar-refractivity contribution in [2.75, 3.05) is 0 Å². The van der Waals surface area contributed by atoms with Gasteiger partial charge in [0.1, 0.15) is 0 Å². The average Bonchev–Trinajstić information content (AvgIpc) is 2.69. The summed E-state index contributed by atoms with van der Waals surface area (Å²) < 4.78 is 2.12. The number of aliphatic carboxylic acids is 1. The van der Waals surface area contributed by atoms with Gasteiger partial charge >= 0.3 is 5.97 Å². The molecule has 1 aliphatic carbocycles. The maximum Gasteiger partial charge on any atom is 0.312 e. The second kappa shape index (κ2) is 4.12. The molecule has 0 radical (unpaired) electrons. The molecule has 0 saturated carbocycles. The first-order valence-corrected chi connectivity index (χ1v) is 6.82. The van der Waals surface area contributed by atoms with Gasteiger partial charge in [0.25, 0.3) is 0 Å². The number of rotatable bonds is 1. The number of aromatic nitrogens is 1. The molecule has 1 aromatic carbocycles. The fourth-order valence-corrected chi connectivity index (χ4v) is 3.62. The summed E-state index contributed by atoms with van der Waals surface area (Å²) in [6.07, 6.45) is 2.72.